The van der Waals surface area contributed by atoms with Crippen LogP contribution in [0, 0.1) is 0 Å². The predicted molar refractivity (Wildman–Crippen MR) is 73.9 cm³/mol. The fourth-order valence-corrected chi connectivity index (χ4v) is 1.71. The molecule has 6 heteroatoms. The molecule has 0 fully saturated rings. The predicted octanol–water partition coefficient (Wildman–Crippen LogP) is 0.979. The summed E-state index contributed by atoms with van der Waals surface area (Å²) in [6.45, 7) is 3.72. The Morgan fingerprint density at radius 1 is 1.30 bits per heavy atom. The van der Waals surface area contributed by atoms with Crippen LogP contribution >= 0.6 is 0 Å². The molecule has 0 radical (unpaired) electrons. The third-order valence-corrected chi connectivity index (χ3v) is 2.76. The first-order valence-electron chi connectivity index (χ1n) is 6.52. The molecule has 1 amide bonds. The summed E-state index contributed by atoms with van der Waals surface area (Å²) in [7, 11) is 0. The van der Waals surface area contributed by atoms with E-state index in [1.807, 2.05) is 31.2 Å². The number of rotatable bonds is 7. The van der Waals surface area contributed by atoms with E-state index in [1.165, 1.54) is 6.33 Å². The number of nitrogens with zero attached hydrogens (tertiary/aromatic N) is 3. The van der Waals surface area contributed by atoms with Crippen molar-refractivity contribution in [2.24, 2.45) is 0 Å². The van der Waals surface area contributed by atoms with Crippen molar-refractivity contribution < 1.29 is 9.53 Å². The molecule has 0 atom stereocenters. The van der Waals surface area contributed by atoms with Gasteiger partial charge < -0.3 is 10.1 Å². The molecule has 20 heavy (non-hydrogen) atoms. The minimum Gasteiger partial charge on any atom is -0.372 e. The average molecular weight is 274 g/mol. The van der Waals surface area contributed by atoms with Crippen molar-refractivity contribution >= 4 is 5.91 Å². The zero-order valence-corrected chi connectivity index (χ0v) is 11.5. The topological polar surface area (TPSA) is 69.0 Å². The summed E-state index contributed by atoms with van der Waals surface area (Å²) < 4.78 is 6.80. The number of carbonyl (C=O) groups excluding carboxylic acids is 1. The minimum absolute atomic E-state index is 0.0986. The zero-order chi connectivity index (χ0) is 14.2. The van der Waals surface area contributed by atoms with Crippen molar-refractivity contribution in [2.75, 3.05) is 13.2 Å². The van der Waals surface area contributed by atoms with Gasteiger partial charge in [0.1, 0.15) is 19.3 Å². The second-order valence-electron chi connectivity index (χ2n) is 4.32. The molecule has 1 aromatic carbocycles. The highest BCUT2D eigenvalue weighted by atomic mass is 16.5. The molecule has 0 saturated heterocycles. The molecule has 2 rings (SSSR count). The van der Waals surface area contributed by atoms with Crippen molar-refractivity contribution in [3.63, 3.8) is 0 Å². The maximum atomic E-state index is 11.4. The maximum absolute atomic E-state index is 11.4. The third kappa shape index (κ3) is 4.47. The van der Waals surface area contributed by atoms with Crippen LogP contribution in [0.25, 0.3) is 0 Å². The Bertz CT molecular complexity index is 523. The Hall–Kier alpha value is -2.21. The van der Waals surface area contributed by atoms with Crippen LogP contribution in [0.3, 0.4) is 0 Å². The van der Waals surface area contributed by atoms with Crippen LogP contribution in [0.5, 0.6) is 0 Å². The Kier molecular flexibility index (Phi) is 5.25. The lowest BCUT2D eigenvalue weighted by atomic mass is 10.1. The highest BCUT2D eigenvalue weighted by Crippen LogP contribution is 2.05. The molecule has 0 saturated carbocycles. The molecule has 2 aromatic rings. The molecule has 0 aliphatic heterocycles. The van der Waals surface area contributed by atoms with E-state index < -0.39 is 0 Å². The lowest BCUT2D eigenvalue weighted by molar-refractivity contribution is -0.125. The van der Waals surface area contributed by atoms with Crippen molar-refractivity contribution in [3.8, 4) is 0 Å². The number of aromatic nitrogens is 3. The van der Waals surface area contributed by atoms with Crippen molar-refractivity contribution in [2.45, 2.75) is 20.0 Å². The normalized spacial score (nSPS) is 10.4. The molecule has 106 valence electrons. The van der Waals surface area contributed by atoms with Crippen molar-refractivity contribution in [1.82, 2.24) is 20.1 Å². The SMILES string of the molecule is CCOCC(=O)NCc1ccc(Cn2cncn2)cc1. The van der Waals surface area contributed by atoms with Crippen LogP contribution < -0.4 is 5.32 Å². The molecule has 1 aromatic heterocycles. The number of hydrogen-bond acceptors (Lipinski definition) is 4. The lowest BCUT2D eigenvalue weighted by Crippen LogP contribution is -2.27. The number of ether oxygens (including phenoxy) is 1. The first-order valence-corrected chi connectivity index (χ1v) is 6.52. The van der Waals surface area contributed by atoms with Crippen molar-refractivity contribution in [1.29, 1.82) is 0 Å². The van der Waals surface area contributed by atoms with E-state index >= 15 is 0 Å². The molecule has 0 aliphatic rings. The molecule has 0 aliphatic carbocycles. The second kappa shape index (κ2) is 7.40. The van der Waals surface area contributed by atoms with Gasteiger partial charge in [0.2, 0.25) is 5.91 Å². The standard InChI is InChI=1S/C14H18N4O2/c1-2-20-9-14(19)16-7-12-3-5-13(6-4-12)8-18-11-15-10-17-18/h3-6,10-11H,2,7-9H2,1H3,(H,16,19). The molecular weight excluding hydrogens is 256 g/mol. The van der Waals surface area contributed by atoms with Gasteiger partial charge in [-0.05, 0) is 18.1 Å². The van der Waals surface area contributed by atoms with Gasteiger partial charge in [0.25, 0.3) is 0 Å². The van der Waals surface area contributed by atoms with Crippen LogP contribution in [-0.2, 0) is 22.6 Å². The first-order chi connectivity index (χ1) is 9.78. The van der Waals surface area contributed by atoms with Crippen LogP contribution in [0.15, 0.2) is 36.9 Å². The Morgan fingerprint density at radius 2 is 2.05 bits per heavy atom. The van der Waals surface area contributed by atoms with Gasteiger partial charge >= 0.3 is 0 Å². The first kappa shape index (κ1) is 14.2. The fraction of sp³-hybridized carbons (Fsp3) is 0.357. The quantitative estimate of drug-likeness (QED) is 0.817. The lowest BCUT2D eigenvalue weighted by Gasteiger charge is -2.06. The molecule has 6 nitrogen and oxygen atoms in total. The molecule has 0 unspecified atom stereocenters. The summed E-state index contributed by atoms with van der Waals surface area (Å²) in [6.07, 6.45) is 3.20. The number of carbonyl (C=O) groups is 1. The van der Waals surface area contributed by atoms with Gasteiger partial charge in [-0.15, -0.1) is 0 Å². The summed E-state index contributed by atoms with van der Waals surface area (Å²) in [4.78, 5) is 15.3. The summed E-state index contributed by atoms with van der Waals surface area (Å²) in [5.74, 6) is -0.0986. The summed E-state index contributed by atoms with van der Waals surface area (Å²) >= 11 is 0. The summed E-state index contributed by atoms with van der Waals surface area (Å²) in [6, 6.07) is 8.03. The molecule has 0 spiro atoms. The smallest absolute Gasteiger partial charge is 0.246 e. The van der Waals surface area contributed by atoms with Crippen LogP contribution in [-0.4, -0.2) is 33.9 Å². The fourth-order valence-electron chi connectivity index (χ4n) is 1.71. The zero-order valence-electron chi connectivity index (χ0n) is 11.5. The number of amides is 1. The largest absolute Gasteiger partial charge is 0.372 e. The molecule has 1 N–H and O–H groups in total. The number of hydrogen-bond donors (Lipinski definition) is 1. The van der Waals surface area contributed by atoms with E-state index in [1.54, 1.807) is 11.0 Å². The van der Waals surface area contributed by atoms with E-state index in [2.05, 4.69) is 15.4 Å². The van der Waals surface area contributed by atoms with Crippen LogP contribution in [0.4, 0.5) is 0 Å². The Labute approximate surface area is 117 Å². The van der Waals surface area contributed by atoms with E-state index in [4.69, 9.17) is 4.74 Å². The highest BCUT2D eigenvalue weighted by molar-refractivity contribution is 5.77. The summed E-state index contributed by atoms with van der Waals surface area (Å²) in [5, 5.41) is 6.86. The monoisotopic (exact) mass is 274 g/mol. The number of nitrogens with one attached hydrogen (secondary N) is 1. The summed E-state index contributed by atoms with van der Waals surface area (Å²) in [5.41, 5.74) is 2.19. The third-order valence-electron chi connectivity index (χ3n) is 2.76. The molecule has 1 heterocycles. The van der Waals surface area contributed by atoms with Gasteiger partial charge in [0, 0.05) is 13.2 Å². The van der Waals surface area contributed by atoms with Crippen molar-refractivity contribution in [3.05, 3.63) is 48.0 Å². The van der Waals surface area contributed by atoms with Gasteiger partial charge in [0.15, 0.2) is 0 Å². The van der Waals surface area contributed by atoms with E-state index in [-0.39, 0.29) is 12.5 Å². The van der Waals surface area contributed by atoms with E-state index in [9.17, 15) is 4.79 Å². The van der Waals surface area contributed by atoms with Gasteiger partial charge in [-0.3, -0.25) is 4.79 Å². The minimum atomic E-state index is -0.0986. The van der Waals surface area contributed by atoms with Crippen LogP contribution in [0.1, 0.15) is 18.1 Å². The molecular formula is C14H18N4O2. The second-order valence-corrected chi connectivity index (χ2v) is 4.32. The Balaban J connectivity index is 1.81. The van der Waals surface area contributed by atoms with Crippen LogP contribution in [0.2, 0.25) is 0 Å². The van der Waals surface area contributed by atoms with E-state index in [0.29, 0.717) is 19.7 Å². The maximum Gasteiger partial charge on any atom is 0.246 e. The molecule has 0 bridgehead atoms. The van der Waals surface area contributed by atoms with Gasteiger partial charge in [-0.2, -0.15) is 5.10 Å². The van der Waals surface area contributed by atoms with Gasteiger partial charge in [0.05, 0.1) is 6.54 Å². The highest BCUT2D eigenvalue weighted by Gasteiger charge is 2.01. The Morgan fingerprint density at radius 3 is 2.70 bits per heavy atom. The van der Waals surface area contributed by atoms with Gasteiger partial charge in [-0.25, -0.2) is 9.67 Å². The van der Waals surface area contributed by atoms with E-state index in [0.717, 1.165) is 11.1 Å². The van der Waals surface area contributed by atoms with Gasteiger partial charge in [-0.1, -0.05) is 24.3 Å². The number of benzene rings is 1. The average Bonchev–Trinajstić information content (AvgIpc) is 2.97.